The highest BCUT2D eigenvalue weighted by Gasteiger charge is 2.21. The van der Waals surface area contributed by atoms with Gasteiger partial charge in [-0.15, -0.1) is 37.2 Å². The van der Waals surface area contributed by atoms with Gasteiger partial charge in [0.25, 0.3) is 5.91 Å². The molecule has 2 aliphatic heterocycles. The van der Waals surface area contributed by atoms with Crippen LogP contribution < -0.4 is 5.32 Å². The Bertz CT molecular complexity index is 487. The van der Waals surface area contributed by atoms with Crippen LogP contribution in [0.1, 0.15) is 34.8 Å². The van der Waals surface area contributed by atoms with Crippen LogP contribution in [0.3, 0.4) is 0 Å². The van der Waals surface area contributed by atoms with E-state index in [4.69, 9.17) is 0 Å². The highest BCUT2D eigenvalue weighted by molar-refractivity contribution is 5.94. The number of hydrogen-bond acceptors (Lipinski definition) is 4. The molecule has 2 aliphatic rings. The van der Waals surface area contributed by atoms with Gasteiger partial charge >= 0.3 is 0 Å². The van der Waals surface area contributed by atoms with E-state index >= 15 is 0 Å². The molecule has 0 unspecified atom stereocenters. The van der Waals surface area contributed by atoms with E-state index in [1.165, 1.54) is 0 Å². The maximum absolute atomic E-state index is 12.5. The third-order valence-corrected chi connectivity index (χ3v) is 4.58. The van der Waals surface area contributed by atoms with Crippen molar-refractivity contribution in [3.05, 3.63) is 29.6 Å². The number of nitrogens with one attached hydrogen (secondary N) is 1. The molecule has 1 aromatic heterocycles. The number of carbonyl (C=O) groups excluding carboxylic acids is 1. The number of pyridine rings is 1. The highest BCUT2D eigenvalue weighted by atomic mass is 35.5. The predicted molar refractivity (Wildman–Crippen MR) is 104 cm³/mol. The Labute approximate surface area is 162 Å². The maximum Gasteiger partial charge on any atom is 0.255 e. The number of carbonyl (C=O) groups is 1. The molecule has 1 N–H and O–H groups in total. The fourth-order valence-electron chi connectivity index (χ4n) is 3.08. The molecule has 2 saturated heterocycles. The monoisotopic (exact) mass is 396 g/mol. The van der Waals surface area contributed by atoms with Crippen LogP contribution in [0.2, 0.25) is 0 Å². The first-order chi connectivity index (χ1) is 10.2. The lowest BCUT2D eigenvalue weighted by atomic mass is 9.94. The Morgan fingerprint density at radius 2 is 1.71 bits per heavy atom. The van der Waals surface area contributed by atoms with E-state index in [-0.39, 0.29) is 43.1 Å². The number of amides is 1. The summed E-state index contributed by atoms with van der Waals surface area (Å²) < 4.78 is 0. The van der Waals surface area contributed by atoms with Gasteiger partial charge in [0.15, 0.2) is 0 Å². The fraction of sp³-hybridized carbons (Fsp3) is 0.625. The molecule has 24 heavy (non-hydrogen) atoms. The maximum atomic E-state index is 12.5. The molecule has 0 saturated carbocycles. The molecular formula is C16H27Cl3N4O. The van der Waals surface area contributed by atoms with E-state index in [0.29, 0.717) is 5.92 Å². The number of rotatable bonds is 2. The summed E-state index contributed by atoms with van der Waals surface area (Å²) in [6.45, 7) is 5.65. The van der Waals surface area contributed by atoms with Gasteiger partial charge in [-0.25, -0.2) is 0 Å². The van der Waals surface area contributed by atoms with Crippen molar-refractivity contribution >= 4 is 43.1 Å². The summed E-state index contributed by atoms with van der Waals surface area (Å²) in [6, 6.07) is 3.99. The second-order valence-corrected chi connectivity index (χ2v) is 6.09. The van der Waals surface area contributed by atoms with Gasteiger partial charge in [-0.1, -0.05) is 0 Å². The van der Waals surface area contributed by atoms with Gasteiger partial charge in [-0.05, 0) is 45.1 Å². The van der Waals surface area contributed by atoms with E-state index in [1.807, 2.05) is 17.0 Å². The van der Waals surface area contributed by atoms with E-state index in [1.54, 1.807) is 6.20 Å². The van der Waals surface area contributed by atoms with Gasteiger partial charge in [0.05, 0.1) is 5.56 Å². The summed E-state index contributed by atoms with van der Waals surface area (Å²) in [4.78, 5) is 21.2. The second-order valence-electron chi connectivity index (χ2n) is 6.09. The predicted octanol–water partition coefficient (Wildman–Crippen LogP) is 2.20. The van der Waals surface area contributed by atoms with Crippen LogP contribution in [-0.2, 0) is 0 Å². The van der Waals surface area contributed by atoms with Gasteiger partial charge in [0.1, 0.15) is 0 Å². The van der Waals surface area contributed by atoms with Crippen LogP contribution in [0, 0.1) is 0 Å². The minimum atomic E-state index is 0. The summed E-state index contributed by atoms with van der Waals surface area (Å²) in [6.07, 6.45) is 4.04. The van der Waals surface area contributed by atoms with E-state index < -0.39 is 0 Å². The molecule has 8 heteroatoms. The molecule has 138 valence electrons. The van der Waals surface area contributed by atoms with Crippen molar-refractivity contribution in [2.45, 2.75) is 18.8 Å². The van der Waals surface area contributed by atoms with Crippen molar-refractivity contribution in [3.8, 4) is 0 Å². The molecule has 3 heterocycles. The SMILES string of the molecule is CN1CCN(C(=O)c2ccc(C3CCNCC3)nc2)CC1.Cl.Cl.Cl. The molecule has 0 bridgehead atoms. The summed E-state index contributed by atoms with van der Waals surface area (Å²) in [5.74, 6) is 0.659. The summed E-state index contributed by atoms with van der Waals surface area (Å²) in [5, 5.41) is 3.37. The highest BCUT2D eigenvalue weighted by Crippen LogP contribution is 2.23. The van der Waals surface area contributed by atoms with Crippen LogP contribution in [-0.4, -0.2) is 67.0 Å². The minimum Gasteiger partial charge on any atom is -0.336 e. The second kappa shape index (κ2) is 11.1. The average molecular weight is 398 g/mol. The zero-order valence-electron chi connectivity index (χ0n) is 13.9. The third kappa shape index (κ3) is 5.74. The molecule has 0 radical (unpaired) electrons. The molecule has 2 fully saturated rings. The van der Waals surface area contributed by atoms with E-state index in [0.717, 1.165) is 63.4 Å². The van der Waals surface area contributed by atoms with Gasteiger partial charge in [0.2, 0.25) is 0 Å². The van der Waals surface area contributed by atoms with Crippen molar-refractivity contribution in [1.82, 2.24) is 20.1 Å². The lowest BCUT2D eigenvalue weighted by Crippen LogP contribution is -2.47. The normalized spacial score (nSPS) is 18.8. The Balaban J connectivity index is 0.00000176. The zero-order chi connectivity index (χ0) is 14.7. The molecule has 0 spiro atoms. The summed E-state index contributed by atoms with van der Waals surface area (Å²) in [7, 11) is 2.09. The molecule has 1 aromatic rings. The van der Waals surface area contributed by atoms with Crippen LogP contribution in [0.4, 0.5) is 0 Å². The standard InChI is InChI=1S/C16H24N4O.3ClH/c1-19-8-10-20(11-9-19)16(21)14-2-3-15(18-12-14)13-4-6-17-7-5-13;;;/h2-3,12-13,17H,4-11H2,1H3;3*1H. The Morgan fingerprint density at radius 1 is 1.08 bits per heavy atom. The van der Waals surface area contributed by atoms with Crippen LogP contribution >= 0.6 is 37.2 Å². The molecule has 0 aromatic carbocycles. The lowest BCUT2D eigenvalue weighted by Gasteiger charge is -2.32. The summed E-state index contributed by atoms with van der Waals surface area (Å²) >= 11 is 0. The van der Waals surface area contributed by atoms with Crippen molar-refractivity contribution in [1.29, 1.82) is 0 Å². The first-order valence-electron chi connectivity index (χ1n) is 7.88. The van der Waals surface area contributed by atoms with Gasteiger partial charge < -0.3 is 15.1 Å². The number of hydrogen-bond donors (Lipinski definition) is 1. The third-order valence-electron chi connectivity index (χ3n) is 4.58. The van der Waals surface area contributed by atoms with Crippen molar-refractivity contribution in [2.75, 3.05) is 46.3 Å². The fourth-order valence-corrected chi connectivity index (χ4v) is 3.08. The number of piperidine rings is 1. The van der Waals surface area contributed by atoms with Gasteiger partial charge in [-0.2, -0.15) is 0 Å². The van der Waals surface area contributed by atoms with E-state index in [9.17, 15) is 4.79 Å². The van der Waals surface area contributed by atoms with Gasteiger partial charge in [-0.3, -0.25) is 9.78 Å². The molecule has 1 amide bonds. The molecule has 0 atom stereocenters. The van der Waals surface area contributed by atoms with Crippen molar-refractivity contribution < 1.29 is 4.79 Å². The quantitative estimate of drug-likeness (QED) is 0.831. The largest absolute Gasteiger partial charge is 0.336 e. The Hall–Kier alpha value is -0.590. The van der Waals surface area contributed by atoms with Crippen LogP contribution in [0.25, 0.3) is 0 Å². The lowest BCUT2D eigenvalue weighted by molar-refractivity contribution is 0.0663. The molecule has 0 aliphatic carbocycles. The number of piperazine rings is 1. The van der Waals surface area contributed by atoms with Crippen LogP contribution in [0.15, 0.2) is 18.3 Å². The zero-order valence-corrected chi connectivity index (χ0v) is 16.4. The topological polar surface area (TPSA) is 48.5 Å². The Kier molecular flexibility index (Phi) is 10.8. The van der Waals surface area contributed by atoms with Crippen molar-refractivity contribution in [2.24, 2.45) is 0 Å². The number of likely N-dealkylation sites (N-methyl/N-ethyl adjacent to an activating group) is 1. The first kappa shape index (κ1) is 23.4. The van der Waals surface area contributed by atoms with Crippen LogP contribution in [0.5, 0.6) is 0 Å². The first-order valence-corrected chi connectivity index (χ1v) is 7.88. The van der Waals surface area contributed by atoms with Gasteiger partial charge in [0, 0.05) is 44.0 Å². The Morgan fingerprint density at radius 3 is 2.25 bits per heavy atom. The number of aromatic nitrogens is 1. The van der Waals surface area contributed by atoms with Crippen molar-refractivity contribution in [3.63, 3.8) is 0 Å². The average Bonchev–Trinajstić information content (AvgIpc) is 2.56. The van der Waals surface area contributed by atoms with E-state index in [2.05, 4.69) is 22.2 Å². The number of halogens is 3. The minimum absolute atomic E-state index is 0. The molecule has 5 nitrogen and oxygen atoms in total. The molecular weight excluding hydrogens is 371 g/mol. The summed E-state index contributed by atoms with van der Waals surface area (Å²) in [5.41, 5.74) is 1.85. The molecule has 3 rings (SSSR count). The smallest absolute Gasteiger partial charge is 0.255 e. The number of nitrogens with zero attached hydrogens (tertiary/aromatic N) is 3.